The van der Waals surface area contributed by atoms with E-state index in [1.54, 1.807) is 0 Å². The van der Waals surface area contributed by atoms with Crippen LogP contribution in [0, 0.1) is 0 Å². The van der Waals surface area contributed by atoms with Crippen LogP contribution in [0.4, 0.5) is 0 Å². The molecule has 0 radical (unpaired) electrons. The molecule has 0 spiro atoms. The number of H-pyrrole nitrogens is 1. The number of aryl methyl sites for hydroxylation is 1. The zero-order valence-electron chi connectivity index (χ0n) is 9.07. The highest BCUT2D eigenvalue weighted by Gasteiger charge is 2.05. The van der Waals surface area contributed by atoms with E-state index in [4.69, 9.17) is 11.6 Å². The van der Waals surface area contributed by atoms with Crippen LogP contribution >= 0.6 is 34.7 Å². The Morgan fingerprint density at radius 3 is 2.94 bits per heavy atom. The molecule has 0 bridgehead atoms. The van der Waals surface area contributed by atoms with Gasteiger partial charge in [-0.1, -0.05) is 30.3 Å². The summed E-state index contributed by atoms with van der Waals surface area (Å²) >= 11 is 8.80. The van der Waals surface area contributed by atoms with E-state index in [-0.39, 0.29) is 5.56 Å². The van der Waals surface area contributed by atoms with E-state index < -0.39 is 0 Å². The molecule has 90 valence electrons. The number of rotatable bonds is 4. The Morgan fingerprint density at radius 2 is 2.35 bits per heavy atom. The summed E-state index contributed by atoms with van der Waals surface area (Å²) in [6.07, 6.45) is 0.591. The number of hydrogen-bond acceptors (Lipinski definition) is 5. The van der Waals surface area contributed by atoms with E-state index in [0.717, 1.165) is 15.0 Å². The second-order valence-electron chi connectivity index (χ2n) is 3.24. The molecular formula is C10H10ClN3OS2. The SMILES string of the molecule is CCc1n[nH]c(SCc2ccc(Cl)s2)nc1=O. The van der Waals surface area contributed by atoms with Crippen molar-refractivity contribution < 1.29 is 0 Å². The van der Waals surface area contributed by atoms with Crippen molar-refractivity contribution in [3.63, 3.8) is 0 Å². The largest absolute Gasteiger partial charge is 0.295 e. The second-order valence-corrected chi connectivity index (χ2v) is 6.00. The van der Waals surface area contributed by atoms with E-state index in [9.17, 15) is 4.79 Å². The topological polar surface area (TPSA) is 58.6 Å². The Hall–Kier alpha value is -0.850. The summed E-state index contributed by atoms with van der Waals surface area (Å²) in [5.41, 5.74) is 0.214. The maximum Gasteiger partial charge on any atom is 0.295 e. The van der Waals surface area contributed by atoms with E-state index in [1.807, 2.05) is 19.1 Å². The van der Waals surface area contributed by atoms with Crippen molar-refractivity contribution in [3.05, 3.63) is 37.4 Å². The molecule has 2 aromatic heterocycles. The van der Waals surface area contributed by atoms with Gasteiger partial charge >= 0.3 is 0 Å². The molecule has 0 aliphatic rings. The van der Waals surface area contributed by atoms with Crippen molar-refractivity contribution in [1.82, 2.24) is 15.2 Å². The third kappa shape index (κ3) is 3.31. The van der Waals surface area contributed by atoms with Gasteiger partial charge in [0.05, 0.1) is 4.34 Å². The van der Waals surface area contributed by atoms with Crippen molar-refractivity contribution >= 4 is 34.7 Å². The van der Waals surface area contributed by atoms with Crippen LogP contribution in [-0.4, -0.2) is 15.2 Å². The van der Waals surface area contributed by atoms with Crippen LogP contribution < -0.4 is 5.56 Å². The summed E-state index contributed by atoms with van der Waals surface area (Å²) < 4.78 is 0.765. The number of aromatic nitrogens is 3. The maximum atomic E-state index is 11.5. The first-order chi connectivity index (χ1) is 8.19. The highest BCUT2D eigenvalue weighted by Crippen LogP contribution is 2.26. The summed E-state index contributed by atoms with van der Waals surface area (Å²) in [6.45, 7) is 1.87. The molecule has 0 saturated heterocycles. The summed E-state index contributed by atoms with van der Waals surface area (Å²) in [5, 5.41) is 7.29. The molecule has 0 aliphatic heterocycles. The van der Waals surface area contributed by atoms with Crippen LogP contribution in [-0.2, 0) is 12.2 Å². The normalized spacial score (nSPS) is 10.7. The first kappa shape index (κ1) is 12.6. The maximum absolute atomic E-state index is 11.5. The lowest BCUT2D eigenvalue weighted by molar-refractivity contribution is 0.765. The third-order valence-electron chi connectivity index (χ3n) is 2.05. The molecule has 0 aromatic carbocycles. The van der Waals surface area contributed by atoms with Crippen molar-refractivity contribution in [2.45, 2.75) is 24.3 Å². The Balaban J connectivity index is 2.04. The number of aromatic amines is 1. The Morgan fingerprint density at radius 1 is 1.53 bits per heavy atom. The van der Waals surface area contributed by atoms with Gasteiger partial charge in [0, 0.05) is 10.6 Å². The minimum absolute atomic E-state index is 0.252. The van der Waals surface area contributed by atoms with Gasteiger partial charge in [0.15, 0.2) is 5.16 Å². The van der Waals surface area contributed by atoms with Crippen LogP contribution in [0.5, 0.6) is 0 Å². The molecule has 7 heteroatoms. The molecule has 2 rings (SSSR count). The van der Waals surface area contributed by atoms with E-state index in [1.165, 1.54) is 23.1 Å². The van der Waals surface area contributed by atoms with Crippen molar-refractivity contribution in [2.24, 2.45) is 0 Å². The Kier molecular flexibility index (Phi) is 4.20. The number of hydrogen-bond donors (Lipinski definition) is 1. The quantitative estimate of drug-likeness (QED) is 0.879. The molecule has 1 N–H and O–H groups in total. The van der Waals surface area contributed by atoms with Crippen molar-refractivity contribution in [2.75, 3.05) is 0 Å². The van der Waals surface area contributed by atoms with Crippen LogP contribution in [0.3, 0.4) is 0 Å². The number of halogens is 1. The molecule has 0 saturated carbocycles. The standard InChI is InChI=1S/C10H10ClN3OS2/c1-2-7-9(15)12-10(14-13-7)16-5-6-3-4-8(11)17-6/h3-4H,2,5H2,1H3,(H,12,14,15). The van der Waals surface area contributed by atoms with Gasteiger partial charge in [0.2, 0.25) is 0 Å². The highest BCUT2D eigenvalue weighted by molar-refractivity contribution is 7.98. The number of nitrogens with one attached hydrogen (secondary N) is 1. The molecule has 0 atom stereocenters. The summed E-state index contributed by atoms with van der Waals surface area (Å²) in [5.74, 6) is 0.730. The average Bonchev–Trinajstić information content (AvgIpc) is 2.73. The highest BCUT2D eigenvalue weighted by atomic mass is 35.5. The first-order valence-corrected chi connectivity index (χ1v) is 7.19. The predicted octanol–water partition coefficient (Wildman–Crippen LogP) is 2.73. The predicted molar refractivity (Wildman–Crippen MR) is 70.9 cm³/mol. The van der Waals surface area contributed by atoms with Crippen LogP contribution in [0.25, 0.3) is 0 Å². The molecule has 0 fully saturated rings. The molecular weight excluding hydrogens is 278 g/mol. The lowest BCUT2D eigenvalue weighted by atomic mass is 10.4. The fourth-order valence-electron chi connectivity index (χ4n) is 1.21. The minimum Gasteiger partial charge on any atom is -0.265 e. The van der Waals surface area contributed by atoms with Gasteiger partial charge in [-0.3, -0.25) is 9.89 Å². The second kappa shape index (κ2) is 5.66. The van der Waals surface area contributed by atoms with E-state index in [2.05, 4.69) is 15.2 Å². The summed E-state index contributed by atoms with van der Waals surface area (Å²) in [4.78, 5) is 16.5. The number of thiophene rings is 1. The number of thioether (sulfide) groups is 1. The van der Waals surface area contributed by atoms with Gasteiger partial charge in [-0.15, -0.1) is 11.3 Å². The summed E-state index contributed by atoms with van der Waals surface area (Å²) in [6, 6.07) is 3.82. The zero-order chi connectivity index (χ0) is 12.3. The zero-order valence-corrected chi connectivity index (χ0v) is 11.5. The lowest BCUT2D eigenvalue weighted by Gasteiger charge is -1.99. The average molecular weight is 288 g/mol. The van der Waals surface area contributed by atoms with Crippen molar-refractivity contribution in [1.29, 1.82) is 0 Å². The van der Waals surface area contributed by atoms with Gasteiger partial charge in [0.25, 0.3) is 5.56 Å². The Bertz CT molecular complexity index is 567. The van der Waals surface area contributed by atoms with Crippen molar-refractivity contribution in [3.8, 4) is 0 Å². The fraction of sp³-hybridized carbons (Fsp3) is 0.300. The van der Waals surface area contributed by atoms with Crippen LogP contribution in [0.1, 0.15) is 17.5 Å². The lowest BCUT2D eigenvalue weighted by Crippen LogP contribution is -2.16. The number of nitrogens with zero attached hydrogens (tertiary/aromatic N) is 2. The third-order valence-corrected chi connectivity index (χ3v) is 4.38. The molecule has 17 heavy (non-hydrogen) atoms. The molecule has 0 aliphatic carbocycles. The van der Waals surface area contributed by atoms with Gasteiger partial charge in [-0.2, -0.15) is 10.1 Å². The minimum atomic E-state index is -0.252. The van der Waals surface area contributed by atoms with Crippen LogP contribution in [0.15, 0.2) is 22.1 Å². The first-order valence-electron chi connectivity index (χ1n) is 5.01. The van der Waals surface area contributed by atoms with Gasteiger partial charge < -0.3 is 0 Å². The molecule has 0 amide bonds. The Labute approximate surface area is 111 Å². The van der Waals surface area contributed by atoms with Gasteiger partial charge in [-0.05, 0) is 18.6 Å². The van der Waals surface area contributed by atoms with Crippen LogP contribution in [0.2, 0.25) is 4.34 Å². The smallest absolute Gasteiger partial charge is 0.265 e. The van der Waals surface area contributed by atoms with Gasteiger partial charge in [0.1, 0.15) is 5.69 Å². The summed E-state index contributed by atoms with van der Waals surface area (Å²) in [7, 11) is 0. The monoisotopic (exact) mass is 287 g/mol. The molecule has 2 aromatic rings. The van der Waals surface area contributed by atoms with E-state index >= 15 is 0 Å². The van der Waals surface area contributed by atoms with E-state index in [0.29, 0.717) is 17.3 Å². The molecule has 2 heterocycles. The fourth-order valence-corrected chi connectivity index (χ4v) is 3.14. The van der Waals surface area contributed by atoms with Gasteiger partial charge in [-0.25, -0.2) is 0 Å². The molecule has 0 unspecified atom stereocenters. The molecule has 4 nitrogen and oxygen atoms in total.